The molecule has 2 amide bonds. The van der Waals surface area contributed by atoms with Gasteiger partial charge in [0.05, 0.1) is 0 Å². The van der Waals surface area contributed by atoms with E-state index in [-0.39, 0.29) is 12.1 Å². The van der Waals surface area contributed by atoms with Gasteiger partial charge >= 0.3 is 12.2 Å². The van der Waals surface area contributed by atoms with Crippen molar-refractivity contribution in [1.29, 1.82) is 0 Å². The molecular weight excluding hydrogens is 406 g/mol. The van der Waals surface area contributed by atoms with Gasteiger partial charge in [-0.3, -0.25) is 5.32 Å². The van der Waals surface area contributed by atoms with Crippen LogP contribution in [0.5, 0.6) is 0 Å². The largest absolute Gasteiger partial charge is 0.444 e. The minimum atomic E-state index is -0.530. The van der Waals surface area contributed by atoms with E-state index in [9.17, 15) is 9.59 Å². The van der Waals surface area contributed by atoms with Crippen LogP contribution >= 0.6 is 0 Å². The van der Waals surface area contributed by atoms with Crippen molar-refractivity contribution in [3.63, 3.8) is 0 Å². The molecule has 3 N–H and O–H groups in total. The molecule has 3 unspecified atom stereocenters. The summed E-state index contributed by atoms with van der Waals surface area (Å²) in [6.07, 6.45) is 3.72. The van der Waals surface area contributed by atoms with Gasteiger partial charge in [-0.15, -0.1) is 0 Å². The maximum atomic E-state index is 12.0. The number of amides is 2. The first-order valence-corrected chi connectivity index (χ1v) is 11.7. The Morgan fingerprint density at radius 3 is 2.09 bits per heavy atom. The summed E-state index contributed by atoms with van der Waals surface area (Å²) in [7, 11) is 0. The third-order valence-corrected chi connectivity index (χ3v) is 5.34. The number of benzene rings is 1. The van der Waals surface area contributed by atoms with E-state index in [0.717, 1.165) is 18.4 Å². The number of carbonyl (C=O) groups excluding carboxylic acids is 2. The number of nitrogens with one attached hydrogen (secondary N) is 3. The predicted molar refractivity (Wildman–Crippen MR) is 128 cm³/mol. The van der Waals surface area contributed by atoms with E-state index in [1.165, 1.54) is 12.8 Å². The van der Waals surface area contributed by atoms with Gasteiger partial charge < -0.3 is 20.1 Å². The van der Waals surface area contributed by atoms with Crippen LogP contribution in [0.3, 0.4) is 0 Å². The van der Waals surface area contributed by atoms with Crippen LogP contribution in [0.25, 0.3) is 0 Å². The molecule has 0 heterocycles. The number of carbonyl (C=O) groups is 2. The van der Waals surface area contributed by atoms with E-state index < -0.39 is 17.3 Å². The van der Waals surface area contributed by atoms with Gasteiger partial charge in [-0.2, -0.15) is 0 Å². The molecule has 0 bridgehead atoms. The quantitative estimate of drug-likeness (QED) is 0.515. The fraction of sp³-hybridized carbons (Fsp3) is 0.680. The molecule has 0 aliphatic heterocycles. The van der Waals surface area contributed by atoms with Crippen molar-refractivity contribution in [2.75, 3.05) is 11.9 Å². The van der Waals surface area contributed by atoms with E-state index in [0.29, 0.717) is 24.2 Å². The zero-order valence-corrected chi connectivity index (χ0v) is 20.7. The van der Waals surface area contributed by atoms with Crippen LogP contribution in [0.4, 0.5) is 15.3 Å². The Labute approximate surface area is 193 Å². The second-order valence-corrected chi connectivity index (χ2v) is 10.7. The summed E-state index contributed by atoms with van der Waals surface area (Å²) in [6, 6.07) is 8.29. The van der Waals surface area contributed by atoms with Crippen LogP contribution in [0.15, 0.2) is 24.3 Å². The molecule has 1 aromatic rings. The molecule has 1 aromatic carbocycles. The zero-order chi connectivity index (χ0) is 23.9. The second kappa shape index (κ2) is 11.0. The lowest BCUT2D eigenvalue weighted by molar-refractivity contribution is 0.0509. The molecule has 1 aliphatic rings. The van der Waals surface area contributed by atoms with Crippen LogP contribution in [0.2, 0.25) is 0 Å². The highest BCUT2D eigenvalue weighted by molar-refractivity contribution is 5.84. The Balaban J connectivity index is 1.89. The summed E-state index contributed by atoms with van der Waals surface area (Å²) in [5.74, 6) is 0.367. The highest BCUT2D eigenvalue weighted by Gasteiger charge is 2.27. The molecule has 3 atom stereocenters. The molecule has 7 heteroatoms. The molecule has 2 rings (SSSR count). The van der Waals surface area contributed by atoms with Gasteiger partial charge in [-0.1, -0.05) is 25.0 Å². The average molecular weight is 448 g/mol. The molecule has 0 aromatic heterocycles. The molecule has 32 heavy (non-hydrogen) atoms. The van der Waals surface area contributed by atoms with E-state index in [1.807, 2.05) is 65.8 Å². The SMILES string of the molecule is CC(NC1CCCCC1CNC(=O)OC(C)(C)C)c1ccc(NC(=O)OC(C)(C)C)cc1. The summed E-state index contributed by atoms with van der Waals surface area (Å²) in [5, 5.41) is 9.45. The van der Waals surface area contributed by atoms with Gasteiger partial charge in [0.15, 0.2) is 0 Å². The van der Waals surface area contributed by atoms with Crippen LogP contribution in [-0.2, 0) is 9.47 Å². The number of hydrogen-bond donors (Lipinski definition) is 3. The summed E-state index contributed by atoms with van der Waals surface area (Å²) in [5.41, 5.74) is 0.821. The fourth-order valence-electron chi connectivity index (χ4n) is 3.89. The van der Waals surface area contributed by atoms with Crippen molar-refractivity contribution in [3.05, 3.63) is 29.8 Å². The Morgan fingerprint density at radius 2 is 1.50 bits per heavy atom. The van der Waals surface area contributed by atoms with Crippen molar-refractivity contribution in [2.45, 2.75) is 97.4 Å². The molecule has 0 radical (unpaired) electrons. The van der Waals surface area contributed by atoms with E-state index in [1.54, 1.807) is 0 Å². The Hall–Kier alpha value is -2.28. The fourth-order valence-corrected chi connectivity index (χ4v) is 3.89. The molecule has 180 valence electrons. The number of ether oxygens (including phenoxy) is 2. The van der Waals surface area contributed by atoms with Gasteiger partial charge in [0.1, 0.15) is 11.2 Å². The predicted octanol–water partition coefficient (Wildman–Crippen LogP) is 5.77. The number of alkyl carbamates (subject to hydrolysis) is 1. The summed E-state index contributed by atoms with van der Waals surface area (Å²) >= 11 is 0. The molecule has 1 saturated carbocycles. The topological polar surface area (TPSA) is 88.7 Å². The van der Waals surface area contributed by atoms with Gasteiger partial charge in [-0.25, -0.2) is 9.59 Å². The third-order valence-electron chi connectivity index (χ3n) is 5.34. The lowest BCUT2D eigenvalue weighted by atomic mass is 9.83. The number of rotatable bonds is 6. The second-order valence-electron chi connectivity index (χ2n) is 10.7. The van der Waals surface area contributed by atoms with Gasteiger partial charge in [0.2, 0.25) is 0 Å². The first kappa shape index (κ1) is 26.0. The first-order valence-electron chi connectivity index (χ1n) is 11.7. The first-order chi connectivity index (χ1) is 14.8. The number of anilines is 1. The average Bonchev–Trinajstić information content (AvgIpc) is 2.65. The molecule has 0 spiro atoms. The normalized spacial score (nSPS) is 20.2. The monoisotopic (exact) mass is 447 g/mol. The lowest BCUT2D eigenvalue weighted by Crippen LogP contribution is -2.45. The van der Waals surface area contributed by atoms with Crippen LogP contribution in [0, 0.1) is 5.92 Å². The van der Waals surface area contributed by atoms with Crippen molar-refractivity contribution in [3.8, 4) is 0 Å². The summed E-state index contributed by atoms with van der Waals surface area (Å²) < 4.78 is 10.7. The van der Waals surface area contributed by atoms with Crippen LogP contribution in [-0.4, -0.2) is 36.0 Å². The minimum Gasteiger partial charge on any atom is -0.444 e. The van der Waals surface area contributed by atoms with Gasteiger partial charge in [-0.05, 0) is 84.9 Å². The zero-order valence-electron chi connectivity index (χ0n) is 20.7. The third kappa shape index (κ3) is 9.47. The van der Waals surface area contributed by atoms with Crippen LogP contribution in [0.1, 0.15) is 85.8 Å². The van der Waals surface area contributed by atoms with Crippen molar-refractivity contribution < 1.29 is 19.1 Å². The summed E-state index contributed by atoms with van der Waals surface area (Å²) in [6.45, 7) is 13.9. The highest BCUT2D eigenvalue weighted by atomic mass is 16.6. The Bertz CT molecular complexity index is 750. The van der Waals surface area contributed by atoms with Gasteiger partial charge in [0.25, 0.3) is 0 Å². The molecule has 1 aliphatic carbocycles. The molecule has 0 saturated heterocycles. The molecule has 7 nitrogen and oxygen atoms in total. The lowest BCUT2D eigenvalue weighted by Gasteiger charge is -2.35. The van der Waals surface area contributed by atoms with Crippen molar-refractivity contribution in [1.82, 2.24) is 10.6 Å². The minimum absolute atomic E-state index is 0.151. The maximum absolute atomic E-state index is 12.0. The van der Waals surface area contributed by atoms with E-state index in [2.05, 4.69) is 22.9 Å². The standard InChI is InChI=1S/C25H41N3O4/c1-17(18-12-14-20(15-13-18)28-23(30)32-25(5,6)7)27-21-11-9-8-10-19(21)16-26-22(29)31-24(2,3)4/h12-15,17,19,21,27H,8-11,16H2,1-7H3,(H,26,29)(H,28,30). The van der Waals surface area contributed by atoms with Crippen molar-refractivity contribution >= 4 is 17.9 Å². The maximum Gasteiger partial charge on any atom is 0.412 e. The van der Waals surface area contributed by atoms with Crippen LogP contribution < -0.4 is 16.0 Å². The molecular formula is C25H41N3O4. The van der Waals surface area contributed by atoms with Crippen molar-refractivity contribution in [2.24, 2.45) is 5.92 Å². The highest BCUT2D eigenvalue weighted by Crippen LogP contribution is 2.27. The smallest absolute Gasteiger partial charge is 0.412 e. The van der Waals surface area contributed by atoms with E-state index >= 15 is 0 Å². The number of hydrogen-bond acceptors (Lipinski definition) is 5. The Kier molecular flexibility index (Phi) is 8.96. The summed E-state index contributed by atoms with van der Waals surface area (Å²) in [4.78, 5) is 24.0. The van der Waals surface area contributed by atoms with E-state index in [4.69, 9.17) is 9.47 Å². The van der Waals surface area contributed by atoms with Gasteiger partial charge in [0, 0.05) is 24.3 Å². The molecule has 1 fully saturated rings. The Morgan fingerprint density at radius 1 is 0.938 bits per heavy atom.